The molecule has 0 aromatic heterocycles. The van der Waals surface area contributed by atoms with Gasteiger partial charge in [-0.1, -0.05) is 0 Å². The molecule has 0 spiro atoms. The molecule has 2 aromatic rings. The van der Waals surface area contributed by atoms with E-state index in [9.17, 15) is 17.6 Å². The SMILES string of the molecule is CC(C)S(=O)(=O)Nc1ccc(C(=O)Nc2ccc(N3C[C@@H](C)O[C@@H](C)C3)cc2F)cc1. The number of halogens is 1. The van der Waals surface area contributed by atoms with E-state index in [0.29, 0.717) is 18.8 Å². The summed E-state index contributed by atoms with van der Waals surface area (Å²) in [5, 5.41) is 1.99. The molecule has 1 amide bonds. The Morgan fingerprint density at radius 1 is 1.10 bits per heavy atom. The zero-order chi connectivity index (χ0) is 22.8. The van der Waals surface area contributed by atoms with E-state index in [1.165, 1.54) is 30.3 Å². The fourth-order valence-corrected chi connectivity index (χ4v) is 4.06. The van der Waals surface area contributed by atoms with Crippen molar-refractivity contribution >= 4 is 33.0 Å². The largest absolute Gasteiger partial charge is 0.372 e. The van der Waals surface area contributed by atoms with E-state index in [4.69, 9.17) is 4.74 Å². The number of ether oxygens (including phenoxy) is 1. The number of rotatable bonds is 6. The lowest BCUT2D eigenvalue weighted by Gasteiger charge is -2.37. The van der Waals surface area contributed by atoms with Crippen molar-refractivity contribution in [2.24, 2.45) is 0 Å². The molecule has 1 heterocycles. The predicted molar refractivity (Wildman–Crippen MR) is 121 cm³/mol. The predicted octanol–water partition coefficient (Wildman–Crippen LogP) is 3.84. The van der Waals surface area contributed by atoms with Crippen LogP contribution < -0.4 is 14.9 Å². The first kappa shape index (κ1) is 23.0. The molecule has 0 unspecified atom stereocenters. The first-order valence-electron chi connectivity index (χ1n) is 10.2. The summed E-state index contributed by atoms with van der Waals surface area (Å²) >= 11 is 0. The fourth-order valence-electron chi connectivity index (χ4n) is 3.36. The van der Waals surface area contributed by atoms with Gasteiger partial charge < -0.3 is 15.0 Å². The Kier molecular flexibility index (Phi) is 6.86. The summed E-state index contributed by atoms with van der Waals surface area (Å²) < 4.78 is 46.7. The number of hydrogen-bond acceptors (Lipinski definition) is 5. The number of nitrogens with one attached hydrogen (secondary N) is 2. The van der Waals surface area contributed by atoms with Gasteiger partial charge in [0, 0.05) is 30.0 Å². The lowest BCUT2D eigenvalue weighted by atomic mass is 10.1. The maximum absolute atomic E-state index is 14.7. The third kappa shape index (κ3) is 5.74. The second-order valence-electron chi connectivity index (χ2n) is 8.05. The lowest BCUT2D eigenvalue weighted by Crippen LogP contribution is -2.45. The average Bonchev–Trinajstić information content (AvgIpc) is 2.69. The fraction of sp³-hybridized carbons (Fsp3) is 0.409. The van der Waals surface area contributed by atoms with Crippen molar-refractivity contribution in [3.05, 3.63) is 53.8 Å². The van der Waals surface area contributed by atoms with Gasteiger partial charge in [0.05, 0.1) is 23.1 Å². The number of carbonyl (C=O) groups excluding carboxylic acids is 1. The number of hydrogen-bond donors (Lipinski definition) is 2. The van der Waals surface area contributed by atoms with Crippen LogP contribution in [-0.4, -0.2) is 44.9 Å². The Morgan fingerprint density at radius 3 is 2.26 bits per heavy atom. The summed E-state index contributed by atoms with van der Waals surface area (Å²) in [6.07, 6.45) is 0.110. The van der Waals surface area contributed by atoms with Crippen molar-refractivity contribution < 1.29 is 22.3 Å². The first-order valence-corrected chi connectivity index (χ1v) is 11.7. The Labute approximate surface area is 182 Å². The van der Waals surface area contributed by atoms with E-state index in [-0.39, 0.29) is 23.5 Å². The van der Waals surface area contributed by atoms with Crippen molar-refractivity contribution in [1.29, 1.82) is 0 Å². The van der Waals surface area contributed by atoms with E-state index >= 15 is 0 Å². The summed E-state index contributed by atoms with van der Waals surface area (Å²) in [7, 11) is -3.47. The van der Waals surface area contributed by atoms with Crippen molar-refractivity contribution in [1.82, 2.24) is 0 Å². The van der Waals surface area contributed by atoms with Crippen LogP contribution in [0.15, 0.2) is 42.5 Å². The molecule has 7 nitrogen and oxygen atoms in total. The molecule has 1 aliphatic rings. The maximum Gasteiger partial charge on any atom is 0.255 e. The molecular formula is C22H28FN3O4S. The van der Waals surface area contributed by atoms with Crippen LogP contribution in [-0.2, 0) is 14.8 Å². The molecule has 2 aromatic carbocycles. The third-order valence-electron chi connectivity index (χ3n) is 5.01. The standard InChI is InChI=1S/C22H28FN3O4S/c1-14(2)31(28,29)25-18-7-5-17(6-8-18)22(27)24-21-10-9-19(11-20(21)23)26-12-15(3)30-16(4)13-26/h5-11,14-16,25H,12-13H2,1-4H3,(H,24,27)/t15-,16+. The monoisotopic (exact) mass is 449 g/mol. The van der Waals surface area contributed by atoms with Gasteiger partial charge in [-0.2, -0.15) is 0 Å². The van der Waals surface area contributed by atoms with Gasteiger partial charge in [-0.05, 0) is 70.2 Å². The van der Waals surface area contributed by atoms with Crippen molar-refractivity contribution in [2.75, 3.05) is 28.0 Å². The topological polar surface area (TPSA) is 87.7 Å². The van der Waals surface area contributed by atoms with Crippen LogP contribution in [0.1, 0.15) is 38.1 Å². The Balaban J connectivity index is 1.68. The van der Waals surface area contributed by atoms with E-state index < -0.39 is 27.0 Å². The smallest absolute Gasteiger partial charge is 0.255 e. The van der Waals surface area contributed by atoms with Gasteiger partial charge in [0.25, 0.3) is 5.91 Å². The van der Waals surface area contributed by atoms with E-state index in [1.54, 1.807) is 26.0 Å². The van der Waals surface area contributed by atoms with Crippen LogP contribution >= 0.6 is 0 Å². The van der Waals surface area contributed by atoms with Crippen LogP contribution in [0.4, 0.5) is 21.5 Å². The molecule has 0 aliphatic carbocycles. The second kappa shape index (κ2) is 9.23. The molecule has 0 bridgehead atoms. The molecule has 3 rings (SSSR count). The minimum absolute atomic E-state index is 0.0548. The molecule has 1 fully saturated rings. The van der Waals surface area contributed by atoms with Gasteiger partial charge in [-0.3, -0.25) is 9.52 Å². The van der Waals surface area contributed by atoms with Crippen LogP contribution in [0.5, 0.6) is 0 Å². The molecule has 0 radical (unpaired) electrons. The average molecular weight is 450 g/mol. The third-order valence-corrected chi connectivity index (χ3v) is 6.77. The number of carbonyl (C=O) groups is 1. The minimum Gasteiger partial charge on any atom is -0.372 e. The summed E-state index contributed by atoms with van der Waals surface area (Å²) in [6.45, 7) is 8.44. The zero-order valence-electron chi connectivity index (χ0n) is 18.1. The number of anilines is 3. The highest BCUT2D eigenvalue weighted by Crippen LogP contribution is 2.25. The van der Waals surface area contributed by atoms with Gasteiger partial charge >= 0.3 is 0 Å². The number of benzene rings is 2. The molecule has 2 N–H and O–H groups in total. The van der Waals surface area contributed by atoms with Crippen LogP contribution in [0.3, 0.4) is 0 Å². The highest BCUT2D eigenvalue weighted by molar-refractivity contribution is 7.93. The Morgan fingerprint density at radius 2 is 1.71 bits per heavy atom. The number of morpholine rings is 1. The van der Waals surface area contributed by atoms with Crippen LogP contribution in [0, 0.1) is 5.82 Å². The van der Waals surface area contributed by atoms with Gasteiger partial charge in [0.1, 0.15) is 5.82 Å². The summed E-state index contributed by atoms with van der Waals surface area (Å²) in [4.78, 5) is 14.6. The van der Waals surface area contributed by atoms with Gasteiger partial charge in [0.2, 0.25) is 10.0 Å². The van der Waals surface area contributed by atoms with Crippen molar-refractivity contribution in [2.45, 2.75) is 45.2 Å². The van der Waals surface area contributed by atoms with Crippen molar-refractivity contribution in [3.8, 4) is 0 Å². The normalized spacial score (nSPS) is 19.4. The number of amides is 1. The summed E-state index contributed by atoms with van der Waals surface area (Å²) in [5.41, 5.74) is 1.45. The van der Waals surface area contributed by atoms with Gasteiger partial charge in [-0.25, -0.2) is 12.8 Å². The maximum atomic E-state index is 14.7. The number of nitrogens with zero attached hydrogens (tertiary/aromatic N) is 1. The minimum atomic E-state index is -3.47. The van der Waals surface area contributed by atoms with E-state index in [2.05, 4.69) is 14.9 Å². The van der Waals surface area contributed by atoms with Crippen LogP contribution in [0.25, 0.3) is 0 Å². The van der Waals surface area contributed by atoms with E-state index in [0.717, 1.165) is 5.69 Å². The van der Waals surface area contributed by atoms with Crippen molar-refractivity contribution in [3.63, 3.8) is 0 Å². The highest BCUT2D eigenvalue weighted by Gasteiger charge is 2.23. The molecule has 31 heavy (non-hydrogen) atoms. The first-order chi connectivity index (χ1) is 14.5. The second-order valence-corrected chi connectivity index (χ2v) is 10.3. The lowest BCUT2D eigenvalue weighted by molar-refractivity contribution is -0.00523. The molecule has 1 aliphatic heterocycles. The Hall–Kier alpha value is -2.65. The molecule has 0 saturated carbocycles. The summed E-state index contributed by atoms with van der Waals surface area (Å²) in [6, 6.07) is 10.7. The molecule has 2 atom stereocenters. The van der Waals surface area contributed by atoms with Gasteiger partial charge in [0.15, 0.2) is 0 Å². The highest BCUT2D eigenvalue weighted by atomic mass is 32.2. The van der Waals surface area contributed by atoms with E-state index in [1.807, 2.05) is 13.8 Å². The summed E-state index contributed by atoms with van der Waals surface area (Å²) in [5.74, 6) is -1.02. The van der Waals surface area contributed by atoms with Gasteiger partial charge in [-0.15, -0.1) is 0 Å². The molecule has 9 heteroatoms. The quantitative estimate of drug-likeness (QED) is 0.700. The number of sulfonamides is 1. The Bertz CT molecular complexity index is 1030. The molecule has 168 valence electrons. The molecule has 1 saturated heterocycles. The van der Waals surface area contributed by atoms with Crippen LogP contribution in [0.2, 0.25) is 0 Å². The molecular weight excluding hydrogens is 421 g/mol. The zero-order valence-corrected chi connectivity index (χ0v) is 18.9.